The molecule has 1 atom stereocenters. The van der Waals surface area contributed by atoms with Crippen LogP contribution in [0.3, 0.4) is 0 Å². The molecule has 0 aliphatic carbocycles. The van der Waals surface area contributed by atoms with Crippen molar-refractivity contribution in [1.29, 1.82) is 0 Å². The molecule has 34 heavy (non-hydrogen) atoms. The first-order valence-electron chi connectivity index (χ1n) is 11.0. The van der Waals surface area contributed by atoms with Gasteiger partial charge >= 0.3 is 5.97 Å². The second kappa shape index (κ2) is 10.2. The molecule has 4 rings (SSSR count). The fourth-order valence-electron chi connectivity index (χ4n) is 4.12. The molecule has 0 aromatic heterocycles. The summed E-state index contributed by atoms with van der Waals surface area (Å²) < 4.78 is 0. The summed E-state index contributed by atoms with van der Waals surface area (Å²) in [5.74, 6) is -1.63. The van der Waals surface area contributed by atoms with Crippen molar-refractivity contribution >= 4 is 40.6 Å². The first-order chi connectivity index (χ1) is 16.3. The molecule has 1 aliphatic heterocycles. The highest BCUT2D eigenvalue weighted by Gasteiger charge is 2.35. The van der Waals surface area contributed by atoms with Crippen LogP contribution < -0.4 is 5.32 Å². The number of nitrogens with zero attached hydrogens (tertiary/aromatic N) is 2. The number of carbonyl (C=O) groups is 2. The van der Waals surface area contributed by atoms with Gasteiger partial charge in [-0.05, 0) is 73.1 Å². The lowest BCUT2D eigenvalue weighted by molar-refractivity contribution is -0.137. The van der Waals surface area contributed by atoms with Crippen molar-refractivity contribution < 1.29 is 14.7 Å². The van der Waals surface area contributed by atoms with Gasteiger partial charge in [-0.25, -0.2) is 0 Å². The van der Waals surface area contributed by atoms with Gasteiger partial charge in [0.1, 0.15) is 5.92 Å². The number of aliphatic imine (C=N–C) groups is 1. The third-order valence-electron chi connectivity index (χ3n) is 5.65. The molecule has 2 N–H and O–H groups in total. The van der Waals surface area contributed by atoms with Crippen molar-refractivity contribution in [2.24, 2.45) is 4.99 Å². The average Bonchev–Trinajstić information content (AvgIpc) is 3.11. The highest BCUT2D eigenvalue weighted by Crippen LogP contribution is 2.38. The smallest absolute Gasteiger partial charge is 0.303 e. The van der Waals surface area contributed by atoms with Gasteiger partial charge in [0, 0.05) is 23.7 Å². The molecule has 0 fully saturated rings. The summed E-state index contributed by atoms with van der Waals surface area (Å²) in [5, 5.41) is 12.5. The molecule has 0 bridgehead atoms. The van der Waals surface area contributed by atoms with Gasteiger partial charge < -0.3 is 15.3 Å². The number of carboxylic acid groups (broad SMARTS) is 1. The summed E-state index contributed by atoms with van der Waals surface area (Å²) >= 11 is 6.14. The Labute approximate surface area is 203 Å². The molecule has 174 valence electrons. The predicted molar refractivity (Wildman–Crippen MR) is 135 cm³/mol. The first-order valence-corrected chi connectivity index (χ1v) is 11.4. The van der Waals surface area contributed by atoms with Crippen LogP contribution in [0.25, 0.3) is 0 Å². The third kappa shape index (κ3) is 5.53. The van der Waals surface area contributed by atoms with E-state index in [1.165, 1.54) is 5.56 Å². The Balaban J connectivity index is 1.78. The van der Waals surface area contributed by atoms with E-state index in [1.54, 1.807) is 12.1 Å². The number of hydrogen-bond donors (Lipinski definition) is 2. The number of aryl methyl sites for hydroxylation is 1. The van der Waals surface area contributed by atoms with E-state index in [0.29, 0.717) is 22.8 Å². The Hall–Kier alpha value is -3.48. The molecular formula is C27H26ClN3O3. The van der Waals surface area contributed by atoms with Gasteiger partial charge in [-0.2, -0.15) is 0 Å². The SMILES string of the molecule is CN(C)Cc1ccc(N=C(c2cccc(CCC(=O)O)c2)C2C(=O)Nc3cc(Cl)ccc32)cc1. The molecule has 3 aromatic rings. The summed E-state index contributed by atoms with van der Waals surface area (Å²) in [6, 6.07) is 20.9. The Bertz CT molecular complexity index is 1250. The number of amides is 1. The number of aliphatic carboxylic acids is 1. The molecule has 1 heterocycles. The van der Waals surface area contributed by atoms with Gasteiger partial charge in [-0.1, -0.05) is 48.0 Å². The Morgan fingerprint density at radius 1 is 1.06 bits per heavy atom. The van der Waals surface area contributed by atoms with Crippen LogP contribution in [0, 0.1) is 0 Å². The van der Waals surface area contributed by atoms with Gasteiger partial charge in [0.2, 0.25) is 5.91 Å². The van der Waals surface area contributed by atoms with Gasteiger partial charge in [0.25, 0.3) is 0 Å². The van der Waals surface area contributed by atoms with Crippen molar-refractivity contribution in [3.63, 3.8) is 0 Å². The number of fused-ring (bicyclic) bond motifs is 1. The van der Waals surface area contributed by atoms with Crippen LogP contribution in [0.15, 0.2) is 71.7 Å². The molecule has 0 saturated carbocycles. The van der Waals surface area contributed by atoms with Crippen LogP contribution in [0.5, 0.6) is 0 Å². The molecular weight excluding hydrogens is 450 g/mol. The maximum absolute atomic E-state index is 13.1. The summed E-state index contributed by atoms with van der Waals surface area (Å²) in [4.78, 5) is 31.2. The zero-order chi connectivity index (χ0) is 24.2. The van der Waals surface area contributed by atoms with Gasteiger partial charge in [-0.3, -0.25) is 14.6 Å². The van der Waals surface area contributed by atoms with Crippen LogP contribution in [0.1, 0.15) is 34.6 Å². The Morgan fingerprint density at radius 3 is 2.53 bits per heavy atom. The van der Waals surface area contributed by atoms with Crippen molar-refractivity contribution in [2.75, 3.05) is 19.4 Å². The molecule has 0 saturated heterocycles. The summed E-state index contributed by atoms with van der Waals surface area (Å²) in [5.41, 5.74) is 5.67. The zero-order valence-corrected chi connectivity index (χ0v) is 19.8. The molecule has 0 spiro atoms. The zero-order valence-electron chi connectivity index (χ0n) is 19.1. The lowest BCUT2D eigenvalue weighted by Crippen LogP contribution is -2.22. The standard InChI is InChI=1S/C27H26ClN3O3/c1-31(2)16-18-6-10-21(11-7-18)29-26(19-5-3-4-17(14-19)8-13-24(32)33)25-22-12-9-20(28)15-23(22)30-27(25)34/h3-7,9-12,14-15,25H,8,13,16H2,1-2H3,(H,30,34)(H,32,33). The van der Waals surface area contributed by atoms with E-state index >= 15 is 0 Å². The fourth-order valence-corrected chi connectivity index (χ4v) is 4.29. The van der Waals surface area contributed by atoms with E-state index in [2.05, 4.69) is 10.2 Å². The fraction of sp³-hybridized carbons (Fsp3) is 0.222. The highest BCUT2D eigenvalue weighted by atomic mass is 35.5. The van der Waals surface area contributed by atoms with E-state index in [0.717, 1.165) is 28.9 Å². The van der Waals surface area contributed by atoms with Gasteiger partial charge in [-0.15, -0.1) is 0 Å². The average molecular weight is 476 g/mol. The lowest BCUT2D eigenvalue weighted by Gasteiger charge is -2.15. The summed E-state index contributed by atoms with van der Waals surface area (Å²) in [6.45, 7) is 0.821. The summed E-state index contributed by atoms with van der Waals surface area (Å²) in [7, 11) is 4.04. The van der Waals surface area contributed by atoms with Gasteiger partial charge in [0.15, 0.2) is 0 Å². The number of rotatable bonds is 8. The number of carboxylic acids is 1. The number of anilines is 1. The Morgan fingerprint density at radius 2 is 1.82 bits per heavy atom. The summed E-state index contributed by atoms with van der Waals surface area (Å²) in [6.07, 6.45) is 0.438. The van der Waals surface area contributed by atoms with Crippen LogP contribution in [-0.2, 0) is 22.6 Å². The largest absolute Gasteiger partial charge is 0.481 e. The predicted octanol–water partition coefficient (Wildman–Crippen LogP) is 5.28. The number of hydrogen-bond acceptors (Lipinski definition) is 4. The topological polar surface area (TPSA) is 82.0 Å². The van der Waals surface area contributed by atoms with Crippen molar-refractivity contribution in [3.05, 3.63) is 94.0 Å². The molecule has 1 amide bonds. The van der Waals surface area contributed by atoms with E-state index in [4.69, 9.17) is 21.7 Å². The number of nitrogens with one attached hydrogen (secondary N) is 1. The third-order valence-corrected chi connectivity index (χ3v) is 5.89. The van der Waals surface area contributed by atoms with Crippen LogP contribution in [-0.4, -0.2) is 41.7 Å². The molecule has 7 heteroatoms. The maximum Gasteiger partial charge on any atom is 0.303 e. The van der Waals surface area contributed by atoms with Crippen molar-refractivity contribution in [3.8, 4) is 0 Å². The number of carbonyl (C=O) groups excluding carboxylic acids is 1. The van der Waals surface area contributed by atoms with Crippen LogP contribution in [0.4, 0.5) is 11.4 Å². The van der Waals surface area contributed by atoms with E-state index in [-0.39, 0.29) is 12.3 Å². The number of halogens is 1. The van der Waals surface area contributed by atoms with Crippen molar-refractivity contribution in [2.45, 2.75) is 25.3 Å². The van der Waals surface area contributed by atoms with E-state index < -0.39 is 11.9 Å². The van der Waals surface area contributed by atoms with Crippen LogP contribution in [0.2, 0.25) is 5.02 Å². The number of benzene rings is 3. The molecule has 6 nitrogen and oxygen atoms in total. The van der Waals surface area contributed by atoms with E-state index in [1.807, 2.05) is 68.7 Å². The lowest BCUT2D eigenvalue weighted by atomic mass is 9.89. The molecule has 1 unspecified atom stereocenters. The minimum absolute atomic E-state index is 0.0362. The maximum atomic E-state index is 13.1. The molecule has 0 radical (unpaired) electrons. The second-order valence-electron chi connectivity index (χ2n) is 8.65. The second-order valence-corrected chi connectivity index (χ2v) is 9.09. The first kappa shape index (κ1) is 23.7. The molecule has 3 aromatic carbocycles. The van der Waals surface area contributed by atoms with Crippen LogP contribution >= 0.6 is 11.6 Å². The van der Waals surface area contributed by atoms with Gasteiger partial charge in [0.05, 0.1) is 11.4 Å². The Kier molecular flexibility index (Phi) is 7.10. The minimum atomic E-state index is -0.849. The highest BCUT2D eigenvalue weighted by molar-refractivity contribution is 6.31. The molecule has 1 aliphatic rings. The van der Waals surface area contributed by atoms with E-state index in [9.17, 15) is 9.59 Å². The quantitative estimate of drug-likeness (QED) is 0.434. The normalized spacial score (nSPS) is 15.4. The van der Waals surface area contributed by atoms with Crippen molar-refractivity contribution in [1.82, 2.24) is 4.90 Å². The monoisotopic (exact) mass is 475 g/mol. The minimum Gasteiger partial charge on any atom is -0.481 e.